The Bertz CT molecular complexity index is 694. The molecule has 1 N–H and O–H groups in total. The quantitative estimate of drug-likeness (QED) is 0.684. The van der Waals surface area contributed by atoms with Crippen molar-refractivity contribution in [3.63, 3.8) is 0 Å². The van der Waals surface area contributed by atoms with Crippen molar-refractivity contribution in [2.24, 2.45) is 5.92 Å². The summed E-state index contributed by atoms with van der Waals surface area (Å²) in [7, 11) is -3.32. The second kappa shape index (κ2) is 9.66. The molecule has 2 aliphatic rings. The first-order valence-corrected chi connectivity index (χ1v) is 11.7. The van der Waals surface area contributed by atoms with Crippen LogP contribution in [0.4, 0.5) is 0 Å². The molecule has 150 valence electrons. The van der Waals surface area contributed by atoms with Gasteiger partial charge in [-0.05, 0) is 57.3 Å². The molecule has 2 heterocycles. The standard InChI is InChI=1S/C20H31N3O3S/c24-20(21-11-6-14-22-12-4-5-13-22)19-9-15-23(16-10-19)27(25,26)17-18-7-2-1-3-8-18/h1-3,7-8,19H,4-6,9-17H2,(H,21,24). The van der Waals surface area contributed by atoms with Crippen molar-refractivity contribution < 1.29 is 13.2 Å². The van der Waals surface area contributed by atoms with Crippen LogP contribution in [-0.2, 0) is 20.6 Å². The molecule has 1 amide bonds. The summed E-state index contributed by atoms with van der Waals surface area (Å²) in [5.41, 5.74) is 0.801. The van der Waals surface area contributed by atoms with E-state index in [4.69, 9.17) is 0 Å². The van der Waals surface area contributed by atoms with E-state index in [1.807, 2.05) is 30.3 Å². The van der Waals surface area contributed by atoms with Crippen LogP contribution in [0.2, 0.25) is 0 Å². The number of carbonyl (C=O) groups excluding carboxylic acids is 1. The zero-order valence-corrected chi connectivity index (χ0v) is 16.8. The summed E-state index contributed by atoms with van der Waals surface area (Å²) >= 11 is 0. The summed E-state index contributed by atoms with van der Waals surface area (Å²) in [5.74, 6) is 0.0396. The van der Waals surface area contributed by atoms with E-state index in [0.717, 1.165) is 18.5 Å². The van der Waals surface area contributed by atoms with E-state index in [1.165, 1.54) is 30.2 Å². The van der Waals surface area contributed by atoms with Crippen LogP contribution in [0.25, 0.3) is 0 Å². The van der Waals surface area contributed by atoms with Crippen molar-refractivity contribution in [3.05, 3.63) is 35.9 Å². The van der Waals surface area contributed by atoms with Gasteiger partial charge in [0.25, 0.3) is 0 Å². The molecule has 1 aromatic rings. The van der Waals surface area contributed by atoms with Crippen LogP contribution >= 0.6 is 0 Å². The molecule has 0 aromatic heterocycles. The fourth-order valence-electron chi connectivity index (χ4n) is 3.94. The Balaban J connectivity index is 1.38. The molecule has 0 unspecified atom stereocenters. The maximum Gasteiger partial charge on any atom is 0.223 e. The highest BCUT2D eigenvalue weighted by molar-refractivity contribution is 7.88. The van der Waals surface area contributed by atoms with Crippen LogP contribution in [0.3, 0.4) is 0 Å². The Morgan fingerprint density at radius 2 is 1.70 bits per heavy atom. The summed E-state index contributed by atoms with van der Waals surface area (Å²) in [6.45, 7) is 4.99. The second-order valence-electron chi connectivity index (χ2n) is 7.61. The number of hydrogen-bond donors (Lipinski definition) is 1. The van der Waals surface area contributed by atoms with Gasteiger partial charge < -0.3 is 10.2 Å². The average Bonchev–Trinajstić information content (AvgIpc) is 3.19. The summed E-state index contributed by atoms with van der Waals surface area (Å²) in [6.07, 6.45) is 4.77. The number of benzene rings is 1. The molecular weight excluding hydrogens is 362 g/mol. The van der Waals surface area contributed by atoms with Gasteiger partial charge in [-0.15, -0.1) is 0 Å². The third-order valence-electron chi connectivity index (χ3n) is 5.56. The van der Waals surface area contributed by atoms with Gasteiger partial charge in [0.15, 0.2) is 0 Å². The Morgan fingerprint density at radius 3 is 2.37 bits per heavy atom. The highest BCUT2D eigenvalue weighted by Gasteiger charge is 2.31. The molecule has 27 heavy (non-hydrogen) atoms. The predicted molar refractivity (Wildman–Crippen MR) is 107 cm³/mol. The lowest BCUT2D eigenvalue weighted by Gasteiger charge is -2.30. The minimum Gasteiger partial charge on any atom is -0.356 e. The Morgan fingerprint density at radius 1 is 1.04 bits per heavy atom. The molecule has 2 saturated heterocycles. The maximum absolute atomic E-state index is 12.6. The van der Waals surface area contributed by atoms with Crippen LogP contribution in [0, 0.1) is 5.92 Å². The molecule has 3 rings (SSSR count). The SMILES string of the molecule is O=C(NCCCN1CCCC1)C1CCN(S(=O)(=O)Cc2ccccc2)CC1. The van der Waals surface area contributed by atoms with E-state index in [2.05, 4.69) is 10.2 Å². The van der Waals surface area contributed by atoms with Gasteiger partial charge in [-0.1, -0.05) is 30.3 Å². The molecule has 2 fully saturated rings. The molecule has 0 spiro atoms. The van der Waals surface area contributed by atoms with Crippen LogP contribution in [0.15, 0.2) is 30.3 Å². The highest BCUT2D eigenvalue weighted by atomic mass is 32.2. The lowest BCUT2D eigenvalue weighted by atomic mass is 9.97. The smallest absolute Gasteiger partial charge is 0.223 e. The van der Waals surface area contributed by atoms with Gasteiger partial charge >= 0.3 is 0 Å². The largest absolute Gasteiger partial charge is 0.356 e. The fourth-order valence-corrected chi connectivity index (χ4v) is 5.50. The van der Waals surface area contributed by atoms with E-state index in [9.17, 15) is 13.2 Å². The number of carbonyl (C=O) groups is 1. The molecule has 0 saturated carbocycles. The molecule has 0 atom stereocenters. The van der Waals surface area contributed by atoms with Gasteiger partial charge in [0.1, 0.15) is 0 Å². The van der Waals surface area contributed by atoms with Crippen LogP contribution in [-0.4, -0.2) is 62.8 Å². The zero-order chi connectivity index (χ0) is 19.1. The van der Waals surface area contributed by atoms with Gasteiger partial charge in [0.2, 0.25) is 15.9 Å². The lowest BCUT2D eigenvalue weighted by molar-refractivity contribution is -0.126. The van der Waals surface area contributed by atoms with Gasteiger partial charge in [-0.25, -0.2) is 12.7 Å². The van der Waals surface area contributed by atoms with E-state index >= 15 is 0 Å². The monoisotopic (exact) mass is 393 g/mol. The van der Waals surface area contributed by atoms with Crippen molar-refractivity contribution in [3.8, 4) is 0 Å². The van der Waals surface area contributed by atoms with Gasteiger partial charge in [0.05, 0.1) is 5.75 Å². The second-order valence-corrected chi connectivity index (χ2v) is 9.58. The number of amides is 1. The van der Waals surface area contributed by atoms with Crippen molar-refractivity contribution in [1.29, 1.82) is 0 Å². The number of piperidine rings is 1. The van der Waals surface area contributed by atoms with E-state index < -0.39 is 10.0 Å². The molecule has 2 aliphatic heterocycles. The lowest BCUT2D eigenvalue weighted by Crippen LogP contribution is -2.43. The summed E-state index contributed by atoms with van der Waals surface area (Å²) in [5, 5.41) is 3.04. The first-order chi connectivity index (χ1) is 13.0. The minimum absolute atomic E-state index is 0.0290. The number of sulfonamides is 1. The molecule has 7 heteroatoms. The third kappa shape index (κ3) is 6.02. The van der Waals surface area contributed by atoms with Crippen molar-refractivity contribution in [1.82, 2.24) is 14.5 Å². The normalized spacial score (nSPS) is 20.0. The van der Waals surface area contributed by atoms with Crippen LogP contribution in [0.5, 0.6) is 0 Å². The number of likely N-dealkylation sites (tertiary alicyclic amines) is 1. The zero-order valence-electron chi connectivity index (χ0n) is 16.0. The number of nitrogens with zero attached hydrogens (tertiary/aromatic N) is 2. The number of rotatable bonds is 8. The number of nitrogens with one attached hydrogen (secondary N) is 1. The minimum atomic E-state index is -3.32. The fraction of sp³-hybridized carbons (Fsp3) is 0.650. The molecule has 0 aliphatic carbocycles. The predicted octanol–water partition coefficient (Wildman–Crippen LogP) is 1.83. The topological polar surface area (TPSA) is 69.7 Å². The van der Waals surface area contributed by atoms with Crippen LogP contribution < -0.4 is 5.32 Å². The van der Waals surface area contributed by atoms with E-state index in [1.54, 1.807) is 0 Å². The van der Waals surface area contributed by atoms with E-state index in [0.29, 0.717) is 32.5 Å². The molecule has 6 nitrogen and oxygen atoms in total. The molecular formula is C20H31N3O3S. The first kappa shape index (κ1) is 20.3. The van der Waals surface area contributed by atoms with E-state index in [-0.39, 0.29) is 17.6 Å². The maximum atomic E-state index is 12.6. The third-order valence-corrected chi connectivity index (χ3v) is 7.41. The highest BCUT2D eigenvalue weighted by Crippen LogP contribution is 2.22. The van der Waals surface area contributed by atoms with Gasteiger partial charge in [0, 0.05) is 25.6 Å². The van der Waals surface area contributed by atoms with Crippen molar-refractivity contribution >= 4 is 15.9 Å². The van der Waals surface area contributed by atoms with Gasteiger partial charge in [-0.3, -0.25) is 4.79 Å². The van der Waals surface area contributed by atoms with Crippen molar-refractivity contribution in [2.75, 3.05) is 39.3 Å². The first-order valence-electron chi connectivity index (χ1n) is 10.1. The van der Waals surface area contributed by atoms with Crippen molar-refractivity contribution in [2.45, 2.75) is 37.9 Å². The average molecular weight is 394 g/mol. The summed E-state index contributed by atoms with van der Waals surface area (Å²) < 4.78 is 26.7. The molecule has 0 radical (unpaired) electrons. The Kier molecular flexibility index (Phi) is 7.26. The Hall–Kier alpha value is -1.44. The summed E-state index contributed by atoms with van der Waals surface area (Å²) in [6, 6.07) is 9.25. The molecule has 1 aromatic carbocycles. The Labute approximate surface area is 163 Å². The number of hydrogen-bond acceptors (Lipinski definition) is 4. The molecule has 0 bridgehead atoms. The van der Waals surface area contributed by atoms with Gasteiger partial charge in [-0.2, -0.15) is 0 Å². The summed E-state index contributed by atoms with van der Waals surface area (Å²) in [4.78, 5) is 14.8. The van der Waals surface area contributed by atoms with Crippen LogP contribution in [0.1, 0.15) is 37.7 Å².